The first-order valence-corrected chi connectivity index (χ1v) is 1.28. The molecule has 0 aromatic heterocycles. The minimum absolute atomic E-state index is 0.472. The van der Waals surface area contributed by atoms with Crippen LogP contribution in [0.4, 0.5) is 0 Å². The zero-order valence-electron chi connectivity index (χ0n) is 2.55. The van der Waals surface area contributed by atoms with Crippen LogP contribution in [0.15, 0.2) is 10.3 Å². The van der Waals surface area contributed by atoms with Crippen molar-refractivity contribution in [3.05, 3.63) is 0 Å². The summed E-state index contributed by atoms with van der Waals surface area (Å²) in [5.74, 6) is 0. The Morgan fingerprint density at radius 1 is 1.60 bits per heavy atom. The molecule has 1 radical (unpaired) electrons. The molecule has 1 heterocycles. The maximum absolute atomic E-state index is 3.50. The Labute approximate surface area is 29.2 Å². The standard InChI is InChI=1S/CH3N4/c1-2-4-5-3-1/h1H2,(H,2,5). The van der Waals surface area contributed by atoms with Crippen LogP contribution < -0.4 is 11.0 Å². The molecule has 0 fully saturated rings. The third-order valence-electron chi connectivity index (χ3n) is 0.320. The van der Waals surface area contributed by atoms with E-state index in [9.17, 15) is 0 Å². The summed E-state index contributed by atoms with van der Waals surface area (Å²) in [6.45, 7) is 0.472. The van der Waals surface area contributed by atoms with E-state index in [1.54, 1.807) is 0 Å². The van der Waals surface area contributed by atoms with Gasteiger partial charge in [-0.1, -0.05) is 10.6 Å². The van der Waals surface area contributed by atoms with Gasteiger partial charge in [0.25, 0.3) is 0 Å². The molecule has 1 N–H and O–H groups in total. The Kier molecular flexibility index (Phi) is 0.510. The summed E-state index contributed by atoms with van der Waals surface area (Å²) in [5.41, 5.74) is 5.81. The normalized spacial score (nSPS) is 19.2. The first-order chi connectivity index (χ1) is 2.50. The average molecular weight is 71.1 g/mol. The van der Waals surface area contributed by atoms with Crippen molar-refractivity contribution >= 4 is 0 Å². The summed E-state index contributed by atoms with van der Waals surface area (Å²) in [7, 11) is 0. The molecule has 0 saturated carbocycles. The van der Waals surface area contributed by atoms with Crippen molar-refractivity contribution in [1.82, 2.24) is 11.0 Å². The third kappa shape index (κ3) is 0.327. The second-order valence-electron chi connectivity index (χ2n) is 0.641. The number of hydrogen-bond acceptors (Lipinski definition) is 3. The molecule has 0 aliphatic carbocycles. The highest BCUT2D eigenvalue weighted by atomic mass is 15.7. The Bertz CT molecular complexity index is 41.6. The van der Waals surface area contributed by atoms with Crippen molar-refractivity contribution in [2.75, 3.05) is 6.67 Å². The van der Waals surface area contributed by atoms with E-state index in [0.29, 0.717) is 6.67 Å². The van der Waals surface area contributed by atoms with Crippen molar-refractivity contribution in [3.8, 4) is 0 Å². The Hall–Kier alpha value is -0.640. The van der Waals surface area contributed by atoms with Crippen molar-refractivity contribution in [1.29, 1.82) is 0 Å². The number of rotatable bonds is 0. The predicted octanol–water partition coefficient (Wildman–Crippen LogP) is -0.566. The monoisotopic (exact) mass is 71.0 g/mol. The largest absolute Gasteiger partial charge is 0.204 e. The summed E-state index contributed by atoms with van der Waals surface area (Å²) >= 11 is 0. The molecule has 0 atom stereocenters. The number of nitrogens with one attached hydrogen (secondary N) is 1. The van der Waals surface area contributed by atoms with Gasteiger partial charge in [-0.3, -0.25) is 0 Å². The van der Waals surface area contributed by atoms with E-state index in [4.69, 9.17) is 0 Å². The molecule has 0 unspecified atom stereocenters. The molecule has 0 bridgehead atoms. The van der Waals surface area contributed by atoms with E-state index in [1.165, 1.54) is 0 Å². The van der Waals surface area contributed by atoms with Gasteiger partial charge in [-0.2, -0.15) is 5.11 Å². The number of hydrogen-bond donors (Lipinski definition) is 1. The van der Waals surface area contributed by atoms with Crippen LogP contribution in [-0.2, 0) is 0 Å². The minimum Gasteiger partial charge on any atom is -0.204 e. The predicted molar refractivity (Wildman–Crippen MR) is 15.0 cm³/mol. The lowest BCUT2D eigenvalue weighted by Gasteiger charge is -1.72. The van der Waals surface area contributed by atoms with E-state index in [0.717, 1.165) is 0 Å². The van der Waals surface area contributed by atoms with E-state index in [1.807, 2.05) is 0 Å². The molecule has 0 aromatic carbocycles. The van der Waals surface area contributed by atoms with Crippen LogP contribution >= 0.6 is 0 Å². The molecule has 0 spiro atoms. The zero-order chi connectivity index (χ0) is 3.54. The van der Waals surface area contributed by atoms with Gasteiger partial charge in [0.05, 0.1) is 0 Å². The first kappa shape index (κ1) is 2.59. The Balaban J connectivity index is 2.32. The van der Waals surface area contributed by atoms with Crippen molar-refractivity contribution in [2.24, 2.45) is 10.3 Å². The fourth-order valence-electron chi connectivity index (χ4n) is 0.158. The first-order valence-electron chi connectivity index (χ1n) is 1.28. The van der Waals surface area contributed by atoms with Crippen LogP contribution in [0.25, 0.3) is 0 Å². The summed E-state index contributed by atoms with van der Waals surface area (Å²) in [6, 6.07) is 0. The maximum atomic E-state index is 3.50. The van der Waals surface area contributed by atoms with Crippen LogP contribution in [0, 0.1) is 0 Å². The molecule has 4 heteroatoms. The SMILES string of the molecule is C1[N]NN=N1. The van der Waals surface area contributed by atoms with Gasteiger partial charge in [-0.25, -0.2) is 5.53 Å². The molecule has 0 aromatic rings. The highest BCUT2D eigenvalue weighted by molar-refractivity contribution is 4.30. The van der Waals surface area contributed by atoms with Crippen molar-refractivity contribution in [2.45, 2.75) is 0 Å². The summed E-state index contributed by atoms with van der Waals surface area (Å²) < 4.78 is 0. The maximum Gasteiger partial charge on any atom is 0.151 e. The molecule has 1 aliphatic heterocycles. The minimum atomic E-state index is 0.472. The average Bonchev–Trinajstić information content (AvgIpc) is 1.76. The van der Waals surface area contributed by atoms with Gasteiger partial charge < -0.3 is 0 Å². The topological polar surface area (TPSA) is 50.9 Å². The smallest absolute Gasteiger partial charge is 0.151 e. The van der Waals surface area contributed by atoms with Gasteiger partial charge in [0, 0.05) is 0 Å². The van der Waals surface area contributed by atoms with Gasteiger partial charge in [0.2, 0.25) is 0 Å². The van der Waals surface area contributed by atoms with E-state index < -0.39 is 0 Å². The number of nitrogens with zero attached hydrogens (tertiary/aromatic N) is 3. The molecular weight excluding hydrogens is 68.0 g/mol. The lowest BCUT2D eigenvalue weighted by atomic mass is 11.2. The fraction of sp³-hybridized carbons (Fsp3) is 1.00. The molecule has 0 amide bonds. The fourth-order valence-corrected chi connectivity index (χ4v) is 0.158. The van der Waals surface area contributed by atoms with E-state index >= 15 is 0 Å². The highest BCUT2D eigenvalue weighted by Gasteiger charge is 1.84. The molecule has 1 rings (SSSR count). The van der Waals surface area contributed by atoms with Crippen LogP contribution in [-0.4, -0.2) is 6.67 Å². The Morgan fingerprint density at radius 2 is 2.60 bits per heavy atom. The van der Waals surface area contributed by atoms with Gasteiger partial charge >= 0.3 is 0 Å². The molecule has 27 valence electrons. The van der Waals surface area contributed by atoms with Crippen molar-refractivity contribution < 1.29 is 0 Å². The van der Waals surface area contributed by atoms with Crippen LogP contribution in [0.1, 0.15) is 0 Å². The molecule has 1 aliphatic rings. The van der Waals surface area contributed by atoms with Gasteiger partial charge in [-0.05, 0) is 0 Å². The van der Waals surface area contributed by atoms with Crippen LogP contribution in [0.2, 0.25) is 0 Å². The summed E-state index contributed by atoms with van der Waals surface area (Å²) in [4.78, 5) is 0. The third-order valence-corrected chi connectivity index (χ3v) is 0.320. The van der Waals surface area contributed by atoms with Crippen LogP contribution in [0.3, 0.4) is 0 Å². The van der Waals surface area contributed by atoms with Gasteiger partial charge in [0.15, 0.2) is 6.67 Å². The van der Waals surface area contributed by atoms with E-state index in [-0.39, 0.29) is 0 Å². The van der Waals surface area contributed by atoms with Crippen LogP contribution in [0.5, 0.6) is 0 Å². The zero-order valence-corrected chi connectivity index (χ0v) is 2.55. The lowest BCUT2D eigenvalue weighted by molar-refractivity contribution is 0.636. The molecule has 4 nitrogen and oxygen atoms in total. The van der Waals surface area contributed by atoms with Gasteiger partial charge in [0.1, 0.15) is 0 Å². The van der Waals surface area contributed by atoms with Gasteiger partial charge in [-0.15, -0.1) is 0 Å². The molecule has 5 heavy (non-hydrogen) atoms. The molecular formula is CH3N4. The highest BCUT2D eigenvalue weighted by Crippen LogP contribution is 1.71. The Morgan fingerprint density at radius 3 is 2.80 bits per heavy atom. The second-order valence-corrected chi connectivity index (χ2v) is 0.641. The summed E-state index contributed by atoms with van der Waals surface area (Å²) in [5, 5.41) is 6.72. The quantitative estimate of drug-likeness (QED) is 0.408. The van der Waals surface area contributed by atoms with E-state index in [2.05, 4.69) is 21.3 Å². The molecule has 0 saturated heterocycles. The van der Waals surface area contributed by atoms with Crippen molar-refractivity contribution in [3.63, 3.8) is 0 Å². The summed E-state index contributed by atoms with van der Waals surface area (Å²) in [6.07, 6.45) is 0. The lowest BCUT2D eigenvalue weighted by Crippen LogP contribution is -2.09. The second kappa shape index (κ2) is 0.984.